The Balaban J connectivity index is 1.35. The molecule has 2 aliphatic carbocycles. The van der Waals surface area contributed by atoms with E-state index in [1.165, 1.54) is 22.7 Å². The molecule has 0 bridgehead atoms. The molecule has 2 aromatic heterocycles. The average molecular weight is 673 g/mol. The summed E-state index contributed by atoms with van der Waals surface area (Å²) in [5.74, 6) is -0.467. The van der Waals surface area contributed by atoms with E-state index in [0.29, 0.717) is 44.5 Å². The first-order valence-corrected chi connectivity index (χ1v) is 17.0. The van der Waals surface area contributed by atoms with Gasteiger partial charge in [-0.25, -0.2) is 0 Å². The highest BCUT2D eigenvalue weighted by Gasteiger charge is 2.34. The zero-order chi connectivity index (χ0) is 34.3. The first-order chi connectivity index (χ1) is 24.5. The van der Waals surface area contributed by atoms with Gasteiger partial charge in [-0.3, -0.25) is 9.59 Å². The molecule has 0 saturated carbocycles. The third-order valence-electron chi connectivity index (χ3n) is 9.43. The first-order valence-electron chi connectivity index (χ1n) is 15.4. The Morgan fingerprint density at radius 2 is 0.860 bits per heavy atom. The van der Waals surface area contributed by atoms with Gasteiger partial charge in [0.2, 0.25) is 0 Å². The van der Waals surface area contributed by atoms with Crippen LogP contribution >= 0.6 is 22.7 Å². The lowest BCUT2D eigenvalue weighted by Crippen LogP contribution is -1.95. The van der Waals surface area contributed by atoms with E-state index in [1.54, 1.807) is 48.5 Å². The fourth-order valence-electron chi connectivity index (χ4n) is 7.44. The van der Waals surface area contributed by atoms with Crippen molar-refractivity contribution in [2.45, 2.75) is 0 Å². The van der Waals surface area contributed by atoms with Gasteiger partial charge < -0.3 is 0 Å². The molecule has 0 fully saturated rings. The molecular weight excluding hydrogens is 657 g/mol. The van der Waals surface area contributed by atoms with Crippen LogP contribution in [0.15, 0.2) is 107 Å². The highest BCUT2D eigenvalue weighted by atomic mass is 32.1. The standard InChI is InChI=1S/C42H16N4O2S2/c43-17-21(18-44)35-23-7-1-3-9-25(23)41(47)29(35)15-33-39-27-11-5-14-32-38(27)40(28-12-6-13-31(49-33)37(28)39)34(50-32)16-30-36(22(19-45)20-46)24-8-2-4-10-26(24)42(30)48/h1-16H/b29-15-,30-16-. The van der Waals surface area contributed by atoms with Crippen molar-refractivity contribution in [3.05, 3.63) is 139 Å². The maximum atomic E-state index is 13.8. The second-order valence-corrected chi connectivity index (χ2v) is 14.0. The van der Waals surface area contributed by atoms with Crippen LogP contribution in [0.2, 0.25) is 0 Å². The minimum Gasteiger partial charge on any atom is -0.289 e. The zero-order valence-corrected chi connectivity index (χ0v) is 27.3. The van der Waals surface area contributed by atoms with Gasteiger partial charge >= 0.3 is 0 Å². The molecule has 2 aliphatic rings. The lowest BCUT2D eigenvalue weighted by atomic mass is 9.92. The summed E-state index contributed by atoms with van der Waals surface area (Å²) in [6.07, 6.45) is 3.65. The Kier molecular flexibility index (Phi) is 6.31. The van der Waals surface area contributed by atoms with E-state index >= 15 is 0 Å². The Morgan fingerprint density at radius 1 is 0.480 bits per heavy atom. The number of nitriles is 4. The second-order valence-electron chi connectivity index (χ2n) is 11.9. The fraction of sp³-hybridized carbons (Fsp3) is 0. The summed E-state index contributed by atoms with van der Waals surface area (Å²) in [6.45, 7) is 0. The van der Waals surface area contributed by atoms with Crippen molar-refractivity contribution >= 4 is 99.3 Å². The van der Waals surface area contributed by atoms with Crippen molar-refractivity contribution in [2.75, 3.05) is 0 Å². The molecule has 0 N–H and O–H groups in total. The highest BCUT2D eigenvalue weighted by molar-refractivity contribution is 7.22. The van der Waals surface area contributed by atoms with Gasteiger partial charge in [-0.05, 0) is 46.2 Å². The SMILES string of the molecule is N#CC(C#N)=C1/C(=C/c2sc3cccc4c5c(/C=C6\C(=O)c7ccccc7C6=C(C#N)C#N)sc6cccc(c2c34)c65)C(=O)c2ccccc21. The highest BCUT2D eigenvalue weighted by Crippen LogP contribution is 2.51. The molecule has 0 saturated heterocycles. The van der Waals surface area contributed by atoms with Gasteiger partial charge in [-0.15, -0.1) is 22.7 Å². The maximum absolute atomic E-state index is 13.8. The van der Waals surface area contributed by atoms with Crippen molar-refractivity contribution < 1.29 is 9.59 Å². The summed E-state index contributed by atoms with van der Waals surface area (Å²) in [5.41, 5.74) is 3.16. The summed E-state index contributed by atoms with van der Waals surface area (Å²) >= 11 is 3.07. The van der Waals surface area contributed by atoms with Gasteiger partial charge in [0, 0.05) is 74.1 Å². The number of hydrogen-bond donors (Lipinski definition) is 0. The largest absolute Gasteiger partial charge is 0.289 e. The van der Waals surface area contributed by atoms with Crippen LogP contribution in [0.3, 0.4) is 0 Å². The molecule has 0 aliphatic heterocycles. The molecule has 0 radical (unpaired) electrons. The number of benzene rings is 5. The molecule has 6 nitrogen and oxygen atoms in total. The Hall–Kier alpha value is -6.94. The molecule has 0 atom stereocenters. The molecular formula is C42H16N4O2S2. The van der Waals surface area contributed by atoms with Crippen molar-refractivity contribution in [3.8, 4) is 24.3 Å². The fourth-order valence-corrected chi connectivity index (χ4v) is 9.82. The quantitative estimate of drug-likeness (QED) is 0.102. The third-order valence-corrected chi connectivity index (χ3v) is 11.6. The van der Waals surface area contributed by atoms with Gasteiger partial charge in [0.05, 0.1) is 0 Å². The predicted molar refractivity (Wildman–Crippen MR) is 197 cm³/mol. The number of carbonyl (C=O) groups excluding carboxylic acids is 2. The first kappa shape index (κ1) is 29.2. The van der Waals surface area contributed by atoms with Gasteiger partial charge in [-0.2, -0.15) is 21.0 Å². The van der Waals surface area contributed by atoms with Crippen LogP contribution in [0.5, 0.6) is 0 Å². The van der Waals surface area contributed by atoms with Crippen LogP contribution in [0.1, 0.15) is 41.6 Å². The Labute approximate surface area is 292 Å². The van der Waals surface area contributed by atoms with Crippen molar-refractivity contribution in [1.82, 2.24) is 0 Å². The molecule has 50 heavy (non-hydrogen) atoms. The van der Waals surface area contributed by atoms with E-state index < -0.39 is 0 Å². The molecule has 0 spiro atoms. The molecule has 5 aromatic carbocycles. The van der Waals surface area contributed by atoms with Crippen LogP contribution in [-0.4, -0.2) is 11.6 Å². The van der Waals surface area contributed by atoms with Crippen LogP contribution in [0.25, 0.3) is 65.0 Å². The second kappa shape index (κ2) is 10.8. The number of carbonyl (C=O) groups is 2. The van der Waals surface area contributed by atoms with E-state index in [2.05, 4.69) is 12.1 Å². The lowest BCUT2D eigenvalue weighted by Gasteiger charge is -2.08. The summed E-state index contributed by atoms with van der Waals surface area (Å²) in [7, 11) is 0. The monoisotopic (exact) mass is 672 g/mol. The zero-order valence-electron chi connectivity index (χ0n) is 25.7. The van der Waals surface area contributed by atoms with E-state index in [9.17, 15) is 30.6 Å². The van der Waals surface area contributed by atoms with Gasteiger partial charge in [-0.1, -0.05) is 72.8 Å². The topological polar surface area (TPSA) is 129 Å². The van der Waals surface area contributed by atoms with E-state index in [-0.39, 0.29) is 22.7 Å². The molecule has 7 aromatic rings. The Bertz CT molecular complexity index is 2820. The molecule has 228 valence electrons. The van der Waals surface area contributed by atoms with Crippen molar-refractivity contribution in [2.24, 2.45) is 0 Å². The molecule has 9 rings (SSSR count). The normalized spacial score (nSPS) is 15.2. The Morgan fingerprint density at radius 3 is 1.24 bits per heavy atom. The molecule has 2 heterocycles. The lowest BCUT2D eigenvalue weighted by molar-refractivity contribution is 0.103. The van der Waals surface area contributed by atoms with Gasteiger partial charge in [0.25, 0.3) is 0 Å². The predicted octanol–water partition coefficient (Wildman–Crippen LogP) is 10.0. The molecule has 8 heteroatoms. The minimum atomic E-state index is -0.233. The van der Waals surface area contributed by atoms with Crippen LogP contribution < -0.4 is 0 Å². The number of allylic oxidation sites excluding steroid dienone is 6. The van der Waals surface area contributed by atoms with Crippen LogP contribution in [0, 0.1) is 45.3 Å². The smallest absolute Gasteiger partial charge is 0.194 e. The summed E-state index contributed by atoms with van der Waals surface area (Å²) < 4.78 is 1.99. The van der Waals surface area contributed by atoms with Crippen molar-refractivity contribution in [1.29, 1.82) is 21.0 Å². The van der Waals surface area contributed by atoms with E-state index in [0.717, 1.165) is 51.5 Å². The molecule has 0 unspecified atom stereocenters. The number of ketones is 2. The van der Waals surface area contributed by atoms with Gasteiger partial charge in [0.1, 0.15) is 35.4 Å². The van der Waals surface area contributed by atoms with Crippen molar-refractivity contribution in [3.63, 3.8) is 0 Å². The third kappa shape index (κ3) is 3.84. The van der Waals surface area contributed by atoms with E-state index in [1.807, 2.05) is 60.7 Å². The van der Waals surface area contributed by atoms with Crippen LogP contribution in [-0.2, 0) is 0 Å². The number of Topliss-reactive ketones (excluding diaryl/α,β-unsaturated/α-hetero) is 2. The number of hydrogen-bond acceptors (Lipinski definition) is 8. The summed E-state index contributed by atoms with van der Waals surface area (Å²) in [6, 6.07) is 34.2. The number of fused-ring (bicyclic) bond motifs is 4. The number of nitrogens with zero attached hydrogens (tertiary/aromatic N) is 4. The van der Waals surface area contributed by atoms with Gasteiger partial charge in [0.15, 0.2) is 11.6 Å². The van der Waals surface area contributed by atoms with Crippen LogP contribution in [0.4, 0.5) is 0 Å². The number of rotatable bonds is 2. The number of thiophene rings is 2. The maximum Gasteiger partial charge on any atom is 0.194 e. The molecule has 0 amide bonds. The van der Waals surface area contributed by atoms with E-state index in [4.69, 9.17) is 0 Å². The summed E-state index contributed by atoms with van der Waals surface area (Å²) in [4.78, 5) is 29.3. The summed E-state index contributed by atoms with van der Waals surface area (Å²) in [5, 5.41) is 45.4. The minimum absolute atomic E-state index is 0.113. The average Bonchev–Trinajstić information content (AvgIpc) is 3.86.